The topological polar surface area (TPSA) is 42.3 Å². The van der Waals surface area contributed by atoms with Crippen LogP contribution in [0.15, 0.2) is 54.7 Å². The fourth-order valence-electron chi connectivity index (χ4n) is 2.64. The molecule has 122 valence electrons. The summed E-state index contributed by atoms with van der Waals surface area (Å²) in [6, 6.07) is 14.4. The highest BCUT2D eigenvalue weighted by Crippen LogP contribution is 2.24. The third-order valence-corrected chi connectivity index (χ3v) is 4.22. The van der Waals surface area contributed by atoms with Gasteiger partial charge in [-0.25, -0.2) is 4.79 Å². The van der Waals surface area contributed by atoms with Gasteiger partial charge in [0.05, 0.1) is 5.52 Å². The Hall–Kier alpha value is -2.59. The van der Waals surface area contributed by atoms with Crippen molar-refractivity contribution in [3.05, 3.63) is 71.4 Å². The quantitative estimate of drug-likeness (QED) is 0.531. The van der Waals surface area contributed by atoms with Crippen LogP contribution >= 0.6 is 11.6 Å². The minimum absolute atomic E-state index is 0.113. The lowest BCUT2D eigenvalue weighted by Gasteiger charge is -2.11. The maximum atomic E-state index is 12.9. The van der Waals surface area contributed by atoms with E-state index in [2.05, 4.69) is 0 Å². The van der Waals surface area contributed by atoms with Crippen molar-refractivity contribution in [2.75, 3.05) is 14.1 Å². The molecule has 1 heterocycles. The Kier molecular flexibility index (Phi) is 4.40. The van der Waals surface area contributed by atoms with Crippen LogP contribution in [0, 0.1) is 0 Å². The molecule has 0 bridgehead atoms. The van der Waals surface area contributed by atoms with Crippen molar-refractivity contribution in [1.82, 2.24) is 9.47 Å². The summed E-state index contributed by atoms with van der Waals surface area (Å²) < 4.78 is 1.51. The third-order valence-electron chi connectivity index (χ3n) is 3.92. The largest absolute Gasteiger partial charge is 0.330 e. The summed E-state index contributed by atoms with van der Waals surface area (Å²) in [7, 11) is 3.37. The number of benzene rings is 2. The number of aromatic nitrogens is 1. The summed E-state index contributed by atoms with van der Waals surface area (Å²) in [5.41, 5.74) is 2.76. The van der Waals surface area contributed by atoms with Crippen molar-refractivity contribution < 1.29 is 9.59 Å². The summed E-state index contributed by atoms with van der Waals surface area (Å²) in [4.78, 5) is 26.8. The van der Waals surface area contributed by atoms with E-state index >= 15 is 0 Å². The van der Waals surface area contributed by atoms with Crippen LogP contribution < -0.4 is 0 Å². The molecule has 24 heavy (non-hydrogen) atoms. The van der Waals surface area contributed by atoms with Crippen molar-refractivity contribution in [2.45, 2.75) is 5.88 Å². The van der Waals surface area contributed by atoms with Crippen LogP contribution in [0.3, 0.4) is 0 Å². The normalized spacial score (nSPS) is 10.8. The standard InChI is InChI=1S/C19H17ClN2O2/c1-21(2)19(24)22-12-16(15-5-3-4-6-17(15)22)18(23)14-9-7-13(11-20)8-10-14/h3-10,12H,11H2,1-2H3. The van der Waals surface area contributed by atoms with Gasteiger partial charge in [0.2, 0.25) is 0 Å². The van der Waals surface area contributed by atoms with Gasteiger partial charge in [0.1, 0.15) is 0 Å². The zero-order valence-corrected chi connectivity index (χ0v) is 14.2. The van der Waals surface area contributed by atoms with Gasteiger partial charge in [-0.1, -0.05) is 42.5 Å². The molecule has 0 spiro atoms. The van der Waals surface area contributed by atoms with Gasteiger partial charge in [0, 0.05) is 42.7 Å². The van der Waals surface area contributed by atoms with Gasteiger partial charge in [-0.15, -0.1) is 11.6 Å². The van der Waals surface area contributed by atoms with Crippen LogP contribution in [-0.2, 0) is 5.88 Å². The van der Waals surface area contributed by atoms with E-state index in [1.165, 1.54) is 9.47 Å². The zero-order valence-electron chi connectivity index (χ0n) is 13.5. The SMILES string of the molecule is CN(C)C(=O)n1cc(C(=O)c2ccc(CCl)cc2)c2ccccc21. The lowest BCUT2D eigenvalue weighted by Crippen LogP contribution is -2.26. The van der Waals surface area contributed by atoms with Crippen molar-refractivity contribution in [3.8, 4) is 0 Å². The maximum Gasteiger partial charge on any atom is 0.328 e. The van der Waals surface area contributed by atoms with Crippen LogP contribution in [0.1, 0.15) is 21.5 Å². The van der Waals surface area contributed by atoms with Crippen molar-refractivity contribution in [3.63, 3.8) is 0 Å². The van der Waals surface area contributed by atoms with Gasteiger partial charge in [-0.2, -0.15) is 0 Å². The summed E-state index contributed by atoms with van der Waals surface area (Å²) in [6.45, 7) is 0. The van der Waals surface area contributed by atoms with Crippen molar-refractivity contribution >= 4 is 34.3 Å². The Morgan fingerprint density at radius 1 is 1.04 bits per heavy atom. The Bertz CT molecular complexity index is 911. The van der Waals surface area contributed by atoms with Gasteiger partial charge < -0.3 is 4.90 Å². The number of alkyl halides is 1. The molecule has 3 aromatic rings. The van der Waals surface area contributed by atoms with E-state index < -0.39 is 0 Å². The number of carbonyl (C=O) groups excluding carboxylic acids is 2. The molecule has 0 fully saturated rings. The molecular formula is C19H17ClN2O2. The molecule has 1 aromatic heterocycles. The lowest BCUT2D eigenvalue weighted by atomic mass is 10.0. The van der Waals surface area contributed by atoms with E-state index in [9.17, 15) is 9.59 Å². The summed E-state index contributed by atoms with van der Waals surface area (Å²) in [5, 5.41) is 0.763. The van der Waals surface area contributed by atoms with Gasteiger partial charge in [-0.05, 0) is 11.6 Å². The second-order valence-electron chi connectivity index (χ2n) is 5.77. The third kappa shape index (κ3) is 2.81. The predicted molar refractivity (Wildman–Crippen MR) is 95.9 cm³/mol. The summed E-state index contributed by atoms with van der Waals surface area (Å²) >= 11 is 5.79. The molecule has 5 heteroatoms. The highest BCUT2D eigenvalue weighted by molar-refractivity contribution is 6.18. The molecule has 0 aliphatic rings. The first-order valence-corrected chi connectivity index (χ1v) is 8.07. The van der Waals surface area contributed by atoms with Gasteiger partial charge in [0.25, 0.3) is 0 Å². The first kappa shape index (κ1) is 16.3. The molecule has 0 saturated heterocycles. The van der Waals surface area contributed by atoms with Crippen LogP contribution in [0.4, 0.5) is 4.79 Å². The number of ketones is 1. The Balaban J connectivity index is 2.11. The second kappa shape index (κ2) is 6.49. The van der Waals surface area contributed by atoms with Crippen molar-refractivity contribution in [1.29, 1.82) is 0 Å². The van der Waals surface area contributed by atoms with Crippen LogP contribution in [-0.4, -0.2) is 35.4 Å². The highest BCUT2D eigenvalue weighted by Gasteiger charge is 2.20. The molecule has 0 aliphatic heterocycles. The fourth-order valence-corrected chi connectivity index (χ4v) is 2.81. The molecule has 2 aromatic carbocycles. The average molecular weight is 341 g/mol. The zero-order chi connectivity index (χ0) is 17.3. The number of hydrogen-bond acceptors (Lipinski definition) is 2. The fraction of sp³-hybridized carbons (Fsp3) is 0.158. The van der Waals surface area contributed by atoms with Gasteiger partial charge >= 0.3 is 6.03 Å². The van der Waals surface area contributed by atoms with Crippen molar-refractivity contribution in [2.24, 2.45) is 0 Å². The monoisotopic (exact) mass is 340 g/mol. The Morgan fingerprint density at radius 2 is 1.71 bits per heavy atom. The van der Waals surface area contributed by atoms with E-state index in [0.717, 1.165) is 16.5 Å². The number of halogens is 1. The molecular weight excluding hydrogens is 324 g/mol. The van der Waals surface area contributed by atoms with Crippen LogP contribution in [0.2, 0.25) is 0 Å². The van der Waals surface area contributed by atoms with Crippen LogP contribution in [0.5, 0.6) is 0 Å². The molecule has 3 rings (SSSR count). The predicted octanol–water partition coefficient (Wildman–Crippen LogP) is 4.14. The van der Waals surface area contributed by atoms with Gasteiger partial charge in [-0.3, -0.25) is 9.36 Å². The summed E-state index contributed by atoms with van der Waals surface area (Å²) in [5.74, 6) is 0.295. The molecule has 4 nitrogen and oxygen atoms in total. The smallest absolute Gasteiger partial charge is 0.328 e. The molecule has 0 aliphatic carbocycles. The molecule has 0 radical (unpaired) electrons. The number of nitrogens with zero attached hydrogens (tertiary/aromatic N) is 2. The number of fused-ring (bicyclic) bond motifs is 1. The number of carbonyl (C=O) groups is 2. The van der Waals surface area contributed by atoms with E-state index in [1.54, 1.807) is 32.4 Å². The minimum atomic E-state index is -0.192. The average Bonchev–Trinajstić information content (AvgIpc) is 3.00. The Labute approximate surface area is 145 Å². The number of amides is 1. The molecule has 1 amide bonds. The van der Waals surface area contributed by atoms with E-state index in [0.29, 0.717) is 17.0 Å². The number of hydrogen-bond donors (Lipinski definition) is 0. The first-order valence-electron chi connectivity index (χ1n) is 7.54. The van der Waals surface area contributed by atoms with Crippen LogP contribution in [0.25, 0.3) is 10.9 Å². The Morgan fingerprint density at radius 3 is 2.33 bits per heavy atom. The molecule has 0 unspecified atom stereocenters. The van der Waals surface area contributed by atoms with E-state index in [4.69, 9.17) is 11.6 Å². The number of rotatable bonds is 3. The van der Waals surface area contributed by atoms with E-state index in [-0.39, 0.29) is 11.8 Å². The van der Waals surface area contributed by atoms with E-state index in [1.807, 2.05) is 36.4 Å². The summed E-state index contributed by atoms with van der Waals surface area (Å²) in [6.07, 6.45) is 1.62. The van der Waals surface area contributed by atoms with Gasteiger partial charge in [0.15, 0.2) is 5.78 Å². The second-order valence-corrected chi connectivity index (χ2v) is 6.03. The maximum absolute atomic E-state index is 12.9. The molecule has 0 atom stereocenters. The molecule has 0 saturated carbocycles. The molecule has 0 N–H and O–H groups in total. The highest BCUT2D eigenvalue weighted by atomic mass is 35.5. The minimum Gasteiger partial charge on any atom is -0.330 e. The first-order chi connectivity index (χ1) is 11.5. The lowest BCUT2D eigenvalue weighted by molar-refractivity contribution is 0.104. The number of para-hydroxylation sites is 1.